The van der Waals surface area contributed by atoms with E-state index in [1.54, 1.807) is 6.92 Å². The summed E-state index contributed by atoms with van der Waals surface area (Å²) in [7, 11) is 0. The number of aliphatic hydroxyl groups excluding tert-OH is 2. The normalized spacial score (nSPS) is 22.4. The van der Waals surface area contributed by atoms with E-state index in [0.29, 0.717) is 30.9 Å². The molecule has 0 amide bonds. The Kier molecular flexibility index (Phi) is 16.1. The lowest BCUT2D eigenvalue weighted by molar-refractivity contribution is -0.138. The maximum absolute atomic E-state index is 12.1. The lowest BCUT2D eigenvalue weighted by Crippen LogP contribution is -2.32. The Balaban J connectivity index is 1.59. The van der Waals surface area contributed by atoms with Crippen LogP contribution in [0.15, 0.2) is 30.4 Å². The van der Waals surface area contributed by atoms with E-state index in [0.717, 1.165) is 48.3 Å². The molecule has 5 heteroatoms. The number of unbranched alkanes of at least 4 members (excludes halogenated alkanes) is 2. The molecular formula is C41H68O5. The van der Waals surface area contributed by atoms with Gasteiger partial charge in [0.15, 0.2) is 0 Å². The first kappa shape index (κ1) is 38.6. The second-order valence-corrected chi connectivity index (χ2v) is 16.3. The van der Waals surface area contributed by atoms with Crippen LogP contribution in [0.1, 0.15) is 154 Å². The van der Waals surface area contributed by atoms with Crippen LogP contribution in [0.25, 0.3) is 0 Å². The van der Waals surface area contributed by atoms with Crippen LogP contribution in [-0.4, -0.2) is 42.6 Å². The van der Waals surface area contributed by atoms with Gasteiger partial charge < -0.3 is 19.7 Å². The minimum atomic E-state index is -0.546. The van der Waals surface area contributed by atoms with E-state index in [1.165, 1.54) is 82.6 Å². The number of aliphatic hydroxyl groups is 2. The third kappa shape index (κ3) is 12.6. The molecule has 0 bridgehead atoms. The molecular weight excluding hydrogens is 572 g/mol. The number of benzene rings is 1. The SMILES string of the molecule is C=C(C)C(=O)OCCc1cc(C2CCC(C3CCC(CCCCC)CC3)CC2)ccc1OCCC(CO)(CO)CCCC(C)(C)C. The summed E-state index contributed by atoms with van der Waals surface area (Å²) in [6, 6.07) is 6.61. The van der Waals surface area contributed by atoms with Crippen molar-refractivity contribution in [2.24, 2.45) is 28.6 Å². The Morgan fingerprint density at radius 3 is 2.11 bits per heavy atom. The number of carbonyl (C=O) groups excluding carboxylic acids is 1. The van der Waals surface area contributed by atoms with E-state index in [-0.39, 0.29) is 31.2 Å². The summed E-state index contributed by atoms with van der Waals surface area (Å²) in [6.07, 6.45) is 20.5. The van der Waals surface area contributed by atoms with E-state index in [4.69, 9.17) is 9.47 Å². The molecule has 2 saturated carbocycles. The highest BCUT2D eigenvalue weighted by molar-refractivity contribution is 5.86. The summed E-state index contributed by atoms with van der Waals surface area (Å²) in [5, 5.41) is 20.5. The summed E-state index contributed by atoms with van der Waals surface area (Å²) in [5.41, 5.74) is 2.51. The second kappa shape index (κ2) is 19.2. The molecule has 2 aliphatic carbocycles. The van der Waals surface area contributed by atoms with Crippen molar-refractivity contribution in [2.45, 2.75) is 150 Å². The molecule has 0 radical (unpaired) electrons. The molecule has 2 N–H and O–H groups in total. The number of ether oxygens (including phenoxy) is 2. The predicted octanol–water partition coefficient (Wildman–Crippen LogP) is 9.97. The third-order valence-corrected chi connectivity index (χ3v) is 11.2. The first-order valence-corrected chi connectivity index (χ1v) is 18.8. The van der Waals surface area contributed by atoms with E-state index in [9.17, 15) is 15.0 Å². The predicted molar refractivity (Wildman–Crippen MR) is 190 cm³/mol. The zero-order valence-corrected chi connectivity index (χ0v) is 30.2. The van der Waals surface area contributed by atoms with Crippen molar-refractivity contribution < 1.29 is 24.5 Å². The first-order valence-electron chi connectivity index (χ1n) is 18.8. The minimum Gasteiger partial charge on any atom is -0.493 e. The van der Waals surface area contributed by atoms with Gasteiger partial charge in [0.2, 0.25) is 0 Å². The summed E-state index contributed by atoms with van der Waals surface area (Å²) in [4.78, 5) is 12.1. The van der Waals surface area contributed by atoms with Gasteiger partial charge in [-0.2, -0.15) is 0 Å². The van der Waals surface area contributed by atoms with Gasteiger partial charge in [-0.05, 0) is 111 Å². The van der Waals surface area contributed by atoms with Crippen molar-refractivity contribution in [1.82, 2.24) is 0 Å². The number of esters is 1. The van der Waals surface area contributed by atoms with E-state index in [1.807, 2.05) is 0 Å². The van der Waals surface area contributed by atoms with E-state index in [2.05, 4.69) is 52.5 Å². The van der Waals surface area contributed by atoms with Crippen molar-refractivity contribution in [3.05, 3.63) is 41.5 Å². The van der Waals surface area contributed by atoms with Crippen molar-refractivity contribution in [2.75, 3.05) is 26.4 Å². The topological polar surface area (TPSA) is 76.0 Å². The van der Waals surface area contributed by atoms with Crippen LogP contribution in [0.4, 0.5) is 0 Å². The van der Waals surface area contributed by atoms with Crippen LogP contribution in [-0.2, 0) is 16.0 Å². The quantitative estimate of drug-likeness (QED) is 0.0894. The van der Waals surface area contributed by atoms with Crippen LogP contribution < -0.4 is 4.74 Å². The van der Waals surface area contributed by atoms with Gasteiger partial charge in [0, 0.05) is 17.4 Å². The van der Waals surface area contributed by atoms with Crippen molar-refractivity contribution >= 4 is 5.97 Å². The summed E-state index contributed by atoms with van der Waals surface area (Å²) in [5.74, 6) is 3.79. The van der Waals surface area contributed by atoms with E-state index < -0.39 is 5.41 Å². The van der Waals surface area contributed by atoms with Crippen LogP contribution in [0.5, 0.6) is 5.75 Å². The summed E-state index contributed by atoms with van der Waals surface area (Å²) >= 11 is 0. The van der Waals surface area contributed by atoms with Gasteiger partial charge in [-0.1, -0.05) is 91.4 Å². The molecule has 0 aromatic heterocycles. The largest absolute Gasteiger partial charge is 0.493 e. The van der Waals surface area contributed by atoms with Crippen molar-refractivity contribution in [1.29, 1.82) is 0 Å². The molecule has 1 aromatic rings. The molecule has 0 unspecified atom stereocenters. The molecule has 0 saturated heterocycles. The van der Waals surface area contributed by atoms with Gasteiger partial charge in [-0.25, -0.2) is 4.79 Å². The Bertz CT molecular complexity index is 1040. The van der Waals surface area contributed by atoms with Crippen LogP contribution in [0.3, 0.4) is 0 Å². The van der Waals surface area contributed by atoms with Gasteiger partial charge in [0.1, 0.15) is 5.75 Å². The Labute approximate surface area is 281 Å². The molecule has 2 fully saturated rings. The Morgan fingerprint density at radius 1 is 0.870 bits per heavy atom. The molecule has 3 rings (SSSR count). The molecule has 46 heavy (non-hydrogen) atoms. The summed E-state index contributed by atoms with van der Waals surface area (Å²) < 4.78 is 11.8. The van der Waals surface area contributed by atoms with Crippen LogP contribution in [0.2, 0.25) is 0 Å². The summed E-state index contributed by atoms with van der Waals surface area (Å²) in [6.45, 7) is 14.9. The average molecular weight is 641 g/mol. The molecule has 0 aliphatic heterocycles. The number of carbonyl (C=O) groups is 1. The maximum atomic E-state index is 12.1. The zero-order valence-electron chi connectivity index (χ0n) is 30.2. The van der Waals surface area contributed by atoms with Crippen LogP contribution >= 0.6 is 0 Å². The molecule has 0 spiro atoms. The van der Waals surface area contributed by atoms with Gasteiger partial charge >= 0.3 is 5.97 Å². The standard InChI is InChI=1S/C41H68O5/c1-7-8-9-11-32-12-14-33(15-13-32)34-16-18-35(19-17-34)36-20-21-38(37(28-36)22-26-46-39(44)31(2)3)45-27-25-41(29-42,30-43)24-10-23-40(4,5)6/h20-21,28,32-35,42-43H,2,7-19,22-27,29-30H2,1,3-6H3. The fraction of sp³-hybridized carbons (Fsp3) is 0.780. The molecule has 0 heterocycles. The lowest BCUT2D eigenvalue weighted by atomic mass is 9.68. The Hall–Kier alpha value is -1.85. The molecule has 262 valence electrons. The van der Waals surface area contributed by atoms with Crippen molar-refractivity contribution in [3.8, 4) is 5.75 Å². The highest BCUT2D eigenvalue weighted by Gasteiger charge is 2.32. The minimum absolute atomic E-state index is 0.0529. The highest BCUT2D eigenvalue weighted by Crippen LogP contribution is 2.45. The van der Waals surface area contributed by atoms with Gasteiger partial charge in [-0.15, -0.1) is 0 Å². The fourth-order valence-corrected chi connectivity index (χ4v) is 7.98. The van der Waals surface area contributed by atoms with E-state index >= 15 is 0 Å². The van der Waals surface area contributed by atoms with Gasteiger partial charge in [0.05, 0.1) is 26.4 Å². The highest BCUT2D eigenvalue weighted by atomic mass is 16.5. The fourth-order valence-electron chi connectivity index (χ4n) is 7.98. The average Bonchev–Trinajstić information content (AvgIpc) is 3.04. The number of hydrogen-bond acceptors (Lipinski definition) is 5. The number of hydrogen-bond donors (Lipinski definition) is 2. The first-order chi connectivity index (χ1) is 22.0. The number of rotatable bonds is 19. The zero-order chi connectivity index (χ0) is 33.6. The second-order valence-electron chi connectivity index (χ2n) is 16.3. The maximum Gasteiger partial charge on any atom is 0.333 e. The van der Waals surface area contributed by atoms with Gasteiger partial charge in [-0.3, -0.25) is 0 Å². The van der Waals surface area contributed by atoms with Crippen LogP contribution in [0, 0.1) is 28.6 Å². The van der Waals surface area contributed by atoms with Crippen molar-refractivity contribution in [3.63, 3.8) is 0 Å². The lowest BCUT2D eigenvalue weighted by Gasteiger charge is -2.38. The molecule has 0 atom stereocenters. The molecule has 5 nitrogen and oxygen atoms in total. The third-order valence-electron chi connectivity index (χ3n) is 11.2. The molecule has 1 aromatic carbocycles. The Morgan fingerprint density at radius 2 is 1.52 bits per heavy atom. The smallest absolute Gasteiger partial charge is 0.333 e. The monoisotopic (exact) mass is 641 g/mol. The molecule has 2 aliphatic rings. The van der Waals surface area contributed by atoms with Gasteiger partial charge in [0.25, 0.3) is 0 Å².